The number of hydrogen-bond acceptors (Lipinski definition) is 7. The lowest BCUT2D eigenvalue weighted by Gasteiger charge is -2.21. The second-order valence-electron chi connectivity index (χ2n) is 6.06. The summed E-state index contributed by atoms with van der Waals surface area (Å²) in [6.45, 7) is 3.57. The first-order valence-electron chi connectivity index (χ1n) is 8.20. The minimum Gasteiger partial charge on any atom is -0.497 e. The molecule has 0 aliphatic carbocycles. The van der Waals surface area contributed by atoms with Crippen molar-refractivity contribution in [2.75, 3.05) is 14.2 Å². The van der Waals surface area contributed by atoms with Crippen LogP contribution in [-0.4, -0.2) is 42.2 Å². The molecule has 0 aliphatic rings. The molecule has 2 amide bonds. The Bertz CT molecular complexity index is 835. The van der Waals surface area contributed by atoms with E-state index in [0.29, 0.717) is 17.1 Å². The van der Waals surface area contributed by atoms with E-state index in [1.165, 1.54) is 14.2 Å². The summed E-state index contributed by atoms with van der Waals surface area (Å²) in [5.74, 6) is -0.662. The fraction of sp³-hybridized carbons (Fsp3) is 0.412. The molecular formula is C17H22N4O6. The van der Waals surface area contributed by atoms with Crippen molar-refractivity contribution in [2.45, 2.75) is 26.4 Å². The standard InChI is InChI=1S/C17H22N4O6/c1-9(2)14(16(23)18-8-13-19-17(24)27-21-13)20-15(22)10-5-11(25-3)7-12(6-10)26-4/h5-7,9,14H,8H2,1-4H3,(H,18,23)(H,20,22)(H,19,21,24). The SMILES string of the molecule is COc1cc(OC)cc(C(=O)NC(C(=O)NCc2noc(=O)[nH]2)C(C)C)c1. The Morgan fingerprint density at radius 2 is 1.81 bits per heavy atom. The molecule has 0 saturated heterocycles. The summed E-state index contributed by atoms with van der Waals surface area (Å²) in [5, 5.41) is 8.76. The molecule has 1 unspecified atom stereocenters. The number of hydrogen-bond donors (Lipinski definition) is 3. The van der Waals surface area contributed by atoms with Crippen molar-refractivity contribution in [3.05, 3.63) is 40.1 Å². The van der Waals surface area contributed by atoms with Crippen LogP contribution in [-0.2, 0) is 11.3 Å². The van der Waals surface area contributed by atoms with Gasteiger partial charge in [0.15, 0.2) is 5.82 Å². The molecule has 0 fully saturated rings. The molecule has 10 nitrogen and oxygen atoms in total. The second-order valence-corrected chi connectivity index (χ2v) is 6.06. The molecule has 1 aromatic carbocycles. The van der Waals surface area contributed by atoms with Gasteiger partial charge in [-0.3, -0.25) is 19.1 Å². The predicted molar refractivity (Wildman–Crippen MR) is 94.6 cm³/mol. The number of nitrogens with zero attached hydrogens (tertiary/aromatic N) is 1. The Kier molecular flexibility index (Phi) is 6.58. The maximum absolute atomic E-state index is 12.6. The van der Waals surface area contributed by atoms with Crippen molar-refractivity contribution < 1.29 is 23.6 Å². The Balaban J connectivity index is 2.09. The van der Waals surface area contributed by atoms with E-state index in [1.54, 1.807) is 32.0 Å². The van der Waals surface area contributed by atoms with Gasteiger partial charge in [-0.15, -0.1) is 0 Å². The van der Waals surface area contributed by atoms with E-state index in [4.69, 9.17) is 9.47 Å². The average molecular weight is 378 g/mol. The monoisotopic (exact) mass is 378 g/mol. The number of carbonyl (C=O) groups is 2. The molecule has 0 spiro atoms. The van der Waals surface area contributed by atoms with E-state index >= 15 is 0 Å². The number of methoxy groups -OCH3 is 2. The zero-order chi connectivity index (χ0) is 20.0. The van der Waals surface area contributed by atoms with Gasteiger partial charge in [-0.2, -0.15) is 0 Å². The molecule has 3 N–H and O–H groups in total. The van der Waals surface area contributed by atoms with Gasteiger partial charge in [0.1, 0.15) is 17.5 Å². The summed E-state index contributed by atoms with van der Waals surface area (Å²) in [6.07, 6.45) is 0. The Morgan fingerprint density at radius 1 is 1.19 bits per heavy atom. The quantitative estimate of drug-likeness (QED) is 0.607. The number of ether oxygens (including phenoxy) is 2. The van der Waals surface area contributed by atoms with Gasteiger partial charge in [-0.25, -0.2) is 4.79 Å². The summed E-state index contributed by atoms with van der Waals surface area (Å²) >= 11 is 0. The van der Waals surface area contributed by atoms with E-state index in [-0.39, 0.29) is 18.3 Å². The lowest BCUT2D eigenvalue weighted by molar-refractivity contribution is -0.124. The second kappa shape index (κ2) is 8.88. The van der Waals surface area contributed by atoms with Gasteiger partial charge in [-0.05, 0) is 18.1 Å². The number of amides is 2. The Morgan fingerprint density at radius 3 is 2.30 bits per heavy atom. The third-order valence-corrected chi connectivity index (χ3v) is 3.76. The molecular weight excluding hydrogens is 356 g/mol. The number of benzene rings is 1. The van der Waals surface area contributed by atoms with Crippen LogP contribution in [0.15, 0.2) is 27.5 Å². The number of carbonyl (C=O) groups excluding carboxylic acids is 2. The van der Waals surface area contributed by atoms with Crippen LogP contribution in [0.4, 0.5) is 0 Å². The normalized spacial score (nSPS) is 11.7. The van der Waals surface area contributed by atoms with Crippen LogP contribution in [0.5, 0.6) is 11.5 Å². The Hall–Kier alpha value is -3.30. The highest BCUT2D eigenvalue weighted by molar-refractivity contribution is 5.98. The van der Waals surface area contributed by atoms with Crippen molar-refractivity contribution in [1.82, 2.24) is 20.8 Å². The molecule has 146 valence electrons. The van der Waals surface area contributed by atoms with Crippen LogP contribution >= 0.6 is 0 Å². The van der Waals surface area contributed by atoms with E-state index in [0.717, 1.165) is 0 Å². The molecule has 0 radical (unpaired) electrons. The highest BCUT2D eigenvalue weighted by atomic mass is 16.5. The predicted octanol–water partition coefficient (Wildman–Crippen LogP) is 0.451. The maximum Gasteiger partial charge on any atom is 0.438 e. The van der Waals surface area contributed by atoms with Gasteiger partial charge in [0.05, 0.1) is 20.8 Å². The molecule has 0 aliphatic heterocycles. The van der Waals surface area contributed by atoms with E-state index in [1.807, 2.05) is 0 Å². The number of rotatable bonds is 8. The first-order chi connectivity index (χ1) is 12.8. The fourth-order valence-electron chi connectivity index (χ4n) is 2.32. The van der Waals surface area contributed by atoms with Crippen molar-refractivity contribution in [3.63, 3.8) is 0 Å². The van der Waals surface area contributed by atoms with Crippen LogP contribution in [0, 0.1) is 5.92 Å². The van der Waals surface area contributed by atoms with Crippen LogP contribution in [0.25, 0.3) is 0 Å². The van der Waals surface area contributed by atoms with E-state index < -0.39 is 23.6 Å². The largest absolute Gasteiger partial charge is 0.497 e. The van der Waals surface area contributed by atoms with Crippen LogP contribution < -0.4 is 25.9 Å². The zero-order valence-electron chi connectivity index (χ0n) is 15.5. The van der Waals surface area contributed by atoms with Crippen molar-refractivity contribution >= 4 is 11.8 Å². The highest BCUT2D eigenvalue weighted by Gasteiger charge is 2.25. The van der Waals surface area contributed by atoms with Crippen LogP contribution in [0.3, 0.4) is 0 Å². The summed E-state index contributed by atoms with van der Waals surface area (Å²) in [5.41, 5.74) is 0.297. The van der Waals surface area contributed by atoms with Gasteiger partial charge in [0.25, 0.3) is 5.91 Å². The summed E-state index contributed by atoms with van der Waals surface area (Å²) in [7, 11) is 2.96. The van der Waals surface area contributed by atoms with Gasteiger partial charge in [0, 0.05) is 11.6 Å². The molecule has 1 aromatic heterocycles. The number of aromatic nitrogens is 2. The summed E-state index contributed by atoms with van der Waals surface area (Å²) in [4.78, 5) is 38.3. The lowest BCUT2D eigenvalue weighted by Crippen LogP contribution is -2.49. The molecule has 1 atom stereocenters. The third-order valence-electron chi connectivity index (χ3n) is 3.76. The van der Waals surface area contributed by atoms with Gasteiger partial charge >= 0.3 is 5.76 Å². The smallest absolute Gasteiger partial charge is 0.438 e. The first-order valence-corrected chi connectivity index (χ1v) is 8.20. The molecule has 27 heavy (non-hydrogen) atoms. The van der Waals surface area contributed by atoms with Crippen molar-refractivity contribution in [2.24, 2.45) is 5.92 Å². The van der Waals surface area contributed by atoms with Crippen molar-refractivity contribution in [1.29, 1.82) is 0 Å². The zero-order valence-corrected chi connectivity index (χ0v) is 15.5. The maximum atomic E-state index is 12.6. The Labute approximate surface area is 155 Å². The van der Waals surface area contributed by atoms with Crippen LogP contribution in [0.2, 0.25) is 0 Å². The molecule has 0 bridgehead atoms. The third kappa shape index (κ3) is 5.33. The number of H-pyrrole nitrogens is 1. The van der Waals surface area contributed by atoms with E-state index in [2.05, 4.69) is 25.3 Å². The summed E-state index contributed by atoms with van der Waals surface area (Å²) < 4.78 is 14.7. The first kappa shape index (κ1) is 20.0. The molecule has 2 rings (SSSR count). The fourth-order valence-corrected chi connectivity index (χ4v) is 2.32. The van der Waals surface area contributed by atoms with Gasteiger partial charge in [0.2, 0.25) is 5.91 Å². The summed E-state index contributed by atoms with van der Waals surface area (Å²) in [6, 6.07) is 3.94. The van der Waals surface area contributed by atoms with Crippen molar-refractivity contribution in [3.8, 4) is 11.5 Å². The number of nitrogens with one attached hydrogen (secondary N) is 3. The number of aromatic amines is 1. The average Bonchev–Trinajstić information content (AvgIpc) is 3.08. The lowest BCUT2D eigenvalue weighted by atomic mass is 10.0. The molecule has 10 heteroatoms. The topological polar surface area (TPSA) is 136 Å². The minimum atomic E-state index is -0.798. The highest BCUT2D eigenvalue weighted by Crippen LogP contribution is 2.22. The molecule has 0 saturated carbocycles. The van der Waals surface area contributed by atoms with Crippen LogP contribution in [0.1, 0.15) is 30.0 Å². The van der Waals surface area contributed by atoms with Gasteiger partial charge in [-0.1, -0.05) is 19.0 Å². The minimum absolute atomic E-state index is 0.0311. The molecule has 2 aromatic rings. The van der Waals surface area contributed by atoms with Gasteiger partial charge < -0.3 is 20.1 Å². The van der Waals surface area contributed by atoms with E-state index in [9.17, 15) is 14.4 Å². The molecule has 1 heterocycles.